The predicted molar refractivity (Wildman–Crippen MR) is 125 cm³/mol. The molecule has 6 heteroatoms. The molecule has 0 aromatic heterocycles. The Labute approximate surface area is 187 Å². The smallest absolute Gasteiger partial charge is 0.264 e. The second kappa shape index (κ2) is 14.7. The number of aliphatic hydroxyl groups is 1. The van der Waals surface area contributed by atoms with Gasteiger partial charge >= 0.3 is 0 Å². The number of benzene rings is 1. The van der Waals surface area contributed by atoms with Crippen LogP contribution in [0.2, 0.25) is 0 Å². The van der Waals surface area contributed by atoms with Crippen LogP contribution in [0, 0.1) is 17.8 Å². The molecule has 0 heterocycles. The summed E-state index contributed by atoms with van der Waals surface area (Å²) in [5.41, 5.74) is -0.139. The highest BCUT2D eigenvalue weighted by atomic mass is 32.2. The van der Waals surface area contributed by atoms with Crippen LogP contribution >= 0.6 is 11.9 Å². The molecule has 1 aromatic carbocycles. The summed E-state index contributed by atoms with van der Waals surface area (Å²) < 4.78 is 8.38. The van der Waals surface area contributed by atoms with Gasteiger partial charge in [-0.2, -0.15) is 0 Å². The van der Waals surface area contributed by atoms with E-state index < -0.39 is 6.29 Å². The third-order valence-corrected chi connectivity index (χ3v) is 6.77. The summed E-state index contributed by atoms with van der Waals surface area (Å²) in [6.07, 6.45) is 7.48. The highest BCUT2D eigenvalue weighted by Crippen LogP contribution is 2.27. The molecule has 5 atom stereocenters. The fourth-order valence-corrected chi connectivity index (χ4v) is 4.31. The molecule has 0 radical (unpaired) electrons. The monoisotopic (exact) mass is 439 g/mol. The van der Waals surface area contributed by atoms with E-state index in [2.05, 4.69) is 32.4 Å². The zero-order valence-corrected chi connectivity index (χ0v) is 20.1. The molecule has 1 amide bonds. The molecule has 0 unspecified atom stereocenters. The van der Waals surface area contributed by atoms with Crippen LogP contribution in [0.5, 0.6) is 5.75 Å². The SMILES string of the molecule is CC[C@H](C)CCC[C@H](C)CCC[C@H](C)[C@@H](O[C@@H](C)O)SNC(=O)c1ccccc1O. The number of ether oxygens (including phenoxy) is 1. The van der Waals surface area contributed by atoms with Gasteiger partial charge in [0.25, 0.3) is 5.91 Å². The van der Waals surface area contributed by atoms with Crippen molar-refractivity contribution in [2.75, 3.05) is 0 Å². The van der Waals surface area contributed by atoms with Crippen molar-refractivity contribution in [3.63, 3.8) is 0 Å². The molecule has 30 heavy (non-hydrogen) atoms. The Morgan fingerprint density at radius 2 is 1.63 bits per heavy atom. The van der Waals surface area contributed by atoms with Crippen molar-refractivity contribution in [1.82, 2.24) is 4.72 Å². The van der Waals surface area contributed by atoms with Gasteiger partial charge in [0, 0.05) is 0 Å². The van der Waals surface area contributed by atoms with Crippen molar-refractivity contribution in [3.8, 4) is 5.75 Å². The Morgan fingerprint density at radius 3 is 2.23 bits per heavy atom. The molecular weight excluding hydrogens is 398 g/mol. The van der Waals surface area contributed by atoms with E-state index in [4.69, 9.17) is 4.74 Å². The first kappa shape index (κ1) is 26.8. The number of aromatic hydroxyl groups is 1. The maximum absolute atomic E-state index is 12.3. The summed E-state index contributed by atoms with van der Waals surface area (Å²) in [5.74, 6) is 1.27. The molecule has 5 nitrogen and oxygen atoms in total. The Morgan fingerprint density at radius 1 is 1.03 bits per heavy atom. The normalized spacial score (nSPS) is 16.5. The van der Waals surface area contributed by atoms with E-state index in [0.29, 0.717) is 5.92 Å². The summed E-state index contributed by atoms with van der Waals surface area (Å²) in [7, 11) is 0. The number of rotatable bonds is 15. The molecule has 0 aliphatic carbocycles. The van der Waals surface area contributed by atoms with Crippen LogP contribution in [0.3, 0.4) is 0 Å². The molecule has 0 saturated heterocycles. The number of aliphatic hydroxyl groups excluding tert-OH is 1. The van der Waals surface area contributed by atoms with E-state index in [-0.39, 0.29) is 28.6 Å². The van der Waals surface area contributed by atoms with Crippen LogP contribution in [0.25, 0.3) is 0 Å². The molecule has 3 N–H and O–H groups in total. The number of hydrogen-bond donors (Lipinski definition) is 3. The van der Waals surface area contributed by atoms with Crippen LogP contribution in [0.1, 0.15) is 89.9 Å². The van der Waals surface area contributed by atoms with Crippen LogP contribution in [-0.2, 0) is 4.74 Å². The standard InChI is InChI=1S/C24H41NO4S/c1-6-17(2)11-9-12-18(3)13-10-14-19(4)24(29-20(5)26)30-25-23(28)21-15-7-8-16-22(21)27/h7-8,15-20,24,26-27H,6,9-14H2,1-5H3,(H,25,28)/t17-,18-,19-,20-,24-/m0/s1. The van der Waals surface area contributed by atoms with Crippen LogP contribution < -0.4 is 4.72 Å². The highest BCUT2D eigenvalue weighted by molar-refractivity contribution is 7.98. The zero-order chi connectivity index (χ0) is 22.5. The summed E-state index contributed by atoms with van der Waals surface area (Å²) >= 11 is 1.16. The van der Waals surface area contributed by atoms with Gasteiger partial charge in [-0.05, 0) is 55.2 Å². The summed E-state index contributed by atoms with van der Waals surface area (Å²) in [6.45, 7) is 10.6. The van der Waals surface area contributed by atoms with E-state index in [9.17, 15) is 15.0 Å². The quantitative estimate of drug-likeness (QED) is 0.227. The Kier molecular flexibility index (Phi) is 13.1. The second-order valence-electron chi connectivity index (χ2n) is 8.63. The highest BCUT2D eigenvalue weighted by Gasteiger charge is 2.23. The number of carbonyl (C=O) groups is 1. The topological polar surface area (TPSA) is 78.8 Å². The molecule has 0 fully saturated rings. The van der Waals surface area contributed by atoms with E-state index >= 15 is 0 Å². The summed E-state index contributed by atoms with van der Waals surface area (Å²) in [6, 6.07) is 6.43. The van der Waals surface area contributed by atoms with Gasteiger partial charge in [-0.1, -0.05) is 78.4 Å². The molecule has 0 saturated carbocycles. The van der Waals surface area contributed by atoms with Gasteiger partial charge in [0.1, 0.15) is 11.2 Å². The number of carbonyl (C=O) groups excluding carboxylic acids is 1. The van der Waals surface area contributed by atoms with Crippen LogP contribution in [0.15, 0.2) is 24.3 Å². The number of amides is 1. The lowest BCUT2D eigenvalue weighted by atomic mass is 9.93. The number of para-hydroxylation sites is 1. The lowest BCUT2D eigenvalue weighted by Gasteiger charge is -2.25. The first-order valence-electron chi connectivity index (χ1n) is 11.3. The zero-order valence-electron chi connectivity index (χ0n) is 19.3. The van der Waals surface area contributed by atoms with Crippen LogP contribution in [-0.4, -0.2) is 27.8 Å². The fraction of sp³-hybridized carbons (Fsp3) is 0.708. The first-order chi connectivity index (χ1) is 14.2. The lowest BCUT2D eigenvalue weighted by Crippen LogP contribution is -2.29. The Hall–Kier alpha value is -1.24. The van der Waals surface area contributed by atoms with Gasteiger partial charge in [-0.25, -0.2) is 0 Å². The van der Waals surface area contributed by atoms with E-state index in [1.807, 2.05) is 0 Å². The minimum Gasteiger partial charge on any atom is -0.507 e. The number of phenols is 1. The maximum Gasteiger partial charge on any atom is 0.264 e. The van der Waals surface area contributed by atoms with Crippen LogP contribution in [0.4, 0.5) is 0 Å². The molecule has 1 rings (SSSR count). The van der Waals surface area contributed by atoms with E-state index in [1.54, 1.807) is 25.1 Å². The first-order valence-corrected chi connectivity index (χ1v) is 12.2. The largest absolute Gasteiger partial charge is 0.507 e. The van der Waals surface area contributed by atoms with E-state index in [0.717, 1.165) is 30.7 Å². The van der Waals surface area contributed by atoms with Crippen molar-refractivity contribution in [3.05, 3.63) is 29.8 Å². The Bertz CT molecular complexity index is 611. The minimum absolute atomic E-state index is 0.0565. The average molecular weight is 440 g/mol. The summed E-state index contributed by atoms with van der Waals surface area (Å²) in [4.78, 5) is 12.3. The number of nitrogens with one attached hydrogen (secondary N) is 1. The number of hydrogen-bond acceptors (Lipinski definition) is 5. The van der Waals surface area contributed by atoms with Gasteiger partial charge < -0.3 is 14.9 Å². The second-order valence-corrected chi connectivity index (χ2v) is 9.53. The molecule has 0 spiro atoms. The summed E-state index contributed by atoms with van der Waals surface area (Å²) in [5, 5.41) is 19.5. The molecule has 172 valence electrons. The van der Waals surface area contributed by atoms with Crippen molar-refractivity contribution in [2.24, 2.45) is 17.8 Å². The fourth-order valence-electron chi connectivity index (χ4n) is 3.39. The van der Waals surface area contributed by atoms with Gasteiger partial charge in [0.05, 0.1) is 5.56 Å². The molecule has 0 aliphatic heterocycles. The molecule has 1 aromatic rings. The minimum atomic E-state index is -0.911. The van der Waals surface area contributed by atoms with Crippen molar-refractivity contribution in [2.45, 2.75) is 91.3 Å². The van der Waals surface area contributed by atoms with Crippen molar-refractivity contribution < 1.29 is 19.7 Å². The van der Waals surface area contributed by atoms with Gasteiger partial charge in [0.15, 0.2) is 6.29 Å². The predicted octanol–water partition coefficient (Wildman–Crippen LogP) is 6.11. The number of phenolic OH excluding ortho intramolecular Hbond substituents is 1. The molecular formula is C24H41NO4S. The van der Waals surface area contributed by atoms with Crippen molar-refractivity contribution in [1.29, 1.82) is 0 Å². The molecule has 0 bridgehead atoms. The maximum atomic E-state index is 12.3. The van der Waals surface area contributed by atoms with Gasteiger partial charge in [-0.3, -0.25) is 9.52 Å². The Balaban J connectivity index is 2.44. The third kappa shape index (κ3) is 10.7. The third-order valence-electron chi connectivity index (χ3n) is 5.66. The molecule has 0 aliphatic rings. The van der Waals surface area contributed by atoms with Gasteiger partial charge in [-0.15, -0.1) is 0 Å². The lowest BCUT2D eigenvalue weighted by molar-refractivity contribution is -0.109. The van der Waals surface area contributed by atoms with E-state index in [1.165, 1.54) is 38.2 Å². The average Bonchev–Trinajstić information content (AvgIpc) is 2.70. The van der Waals surface area contributed by atoms with Gasteiger partial charge in [0.2, 0.25) is 0 Å². The van der Waals surface area contributed by atoms with Crippen molar-refractivity contribution >= 4 is 17.9 Å².